The van der Waals surface area contributed by atoms with E-state index in [9.17, 15) is 0 Å². The van der Waals surface area contributed by atoms with Gasteiger partial charge in [0.05, 0.1) is 12.8 Å². The lowest BCUT2D eigenvalue weighted by Crippen LogP contribution is -1.92. The average molecular weight is 168 g/mol. The van der Waals surface area contributed by atoms with E-state index in [4.69, 9.17) is 10.2 Å². The molecule has 0 saturated carbocycles. The molecule has 3 radical (unpaired) electrons. The lowest BCUT2D eigenvalue weighted by Gasteiger charge is -1.80. The Balaban J connectivity index is -0.0000000612. The summed E-state index contributed by atoms with van der Waals surface area (Å²) in [6.45, 7) is 0.493. The molecule has 0 aromatic carbocycles. The fourth-order valence-corrected chi connectivity index (χ4v) is 0.429. The van der Waals surface area contributed by atoms with Crippen molar-refractivity contribution in [1.29, 1.82) is 0 Å². The Bertz CT molecular complexity index is 136. The Morgan fingerprint density at radius 1 is 1.27 bits per heavy atom. The van der Waals surface area contributed by atoms with Crippen LogP contribution in [0.25, 0.3) is 0 Å². The molecule has 0 spiro atoms. The smallest absolute Gasteiger partial charge is 0.117 e. The van der Waals surface area contributed by atoms with Crippen molar-refractivity contribution in [3.8, 4) is 0 Å². The molecular formula is C5H10BF3NO. The molecule has 0 aliphatic heterocycles. The van der Waals surface area contributed by atoms with Gasteiger partial charge in [0, 0.05) is 8.41 Å². The fraction of sp³-hybridized carbons (Fsp3) is 0.200. The summed E-state index contributed by atoms with van der Waals surface area (Å²) in [6.07, 6.45) is 1.61. The van der Waals surface area contributed by atoms with Crippen LogP contribution in [0.1, 0.15) is 5.76 Å². The second-order valence-corrected chi connectivity index (χ2v) is 1.28. The van der Waals surface area contributed by atoms with Crippen LogP contribution in [0.5, 0.6) is 0 Å². The summed E-state index contributed by atoms with van der Waals surface area (Å²) in [6, 6.07) is 3.67. The normalized spacial score (nSPS) is 5.91. The lowest BCUT2D eigenvalue weighted by atomic mass is 10.5. The maximum atomic E-state index is 5.20. The third-order valence-corrected chi connectivity index (χ3v) is 0.781. The van der Waals surface area contributed by atoms with Crippen molar-refractivity contribution < 1.29 is 18.5 Å². The van der Waals surface area contributed by atoms with Gasteiger partial charge in [0.1, 0.15) is 5.76 Å². The molecule has 0 unspecified atom stereocenters. The standard InChI is InChI=1S/C5H7NO.B.3FH/c6-4-5-2-1-3-7-5;;;;/h1-3H,4,6H2;;3*1H. The molecule has 1 aromatic heterocycles. The van der Waals surface area contributed by atoms with Gasteiger partial charge in [-0.15, -0.1) is 0 Å². The van der Waals surface area contributed by atoms with Crippen molar-refractivity contribution in [2.45, 2.75) is 6.54 Å². The molecule has 2 N–H and O–H groups in total. The fourth-order valence-electron chi connectivity index (χ4n) is 0.429. The summed E-state index contributed by atoms with van der Waals surface area (Å²) in [5.41, 5.74) is 5.20. The van der Waals surface area contributed by atoms with Gasteiger partial charge in [-0.25, -0.2) is 0 Å². The van der Waals surface area contributed by atoms with Gasteiger partial charge in [0.2, 0.25) is 0 Å². The van der Waals surface area contributed by atoms with E-state index in [1.165, 1.54) is 0 Å². The second-order valence-electron chi connectivity index (χ2n) is 1.28. The Labute approximate surface area is 64.4 Å². The zero-order chi connectivity index (χ0) is 5.11. The first-order valence-electron chi connectivity index (χ1n) is 2.16. The monoisotopic (exact) mass is 168 g/mol. The van der Waals surface area contributed by atoms with Crippen LogP contribution in [0.4, 0.5) is 14.1 Å². The first-order chi connectivity index (χ1) is 3.43. The van der Waals surface area contributed by atoms with E-state index in [1.807, 2.05) is 12.1 Å². The molecule has 0 atom stereocenters. The highest BCUT2D eigenvalue weighted by Gasteiger charge is 1.84. The molecule has 1 rings (SSSR count). The molecule has 0 saturated heterocycles. The summed E-state index contributed by atoms with van der Waals surface area (Å²) >= 11 is 0. The molecule has 11 heavy (non-hydrogen) atoms. The van der Waals surface area contributed by atoms with Crippen molar-refractivity contribution in [3.63, 3.8) is 0 Å². The number of nitrogens with two attached hydrogens (primary N) is 1. The molecule has 1 aromatic rings. The molecule has 1 heterocycles. The first-order valence-corrected chi connectivity index (χ1v) is 2.16. The molecule has 0 aliphatic carbocycles. The highest BCUT2D eigenvalue weighted by molar-refractivity contribution is 5.75. The Morgan fingerprint density at radius 3 is 2.00 bits per heavy atom. The molecule has 0 bridgehead atoms. The molecule has 0 aliphatic rings. The molecule has 65 valence electrons. The molecule has 0 fully saturated rings. The van der Waals surface area contributed by atoms with Crippen molar-refractivity contribution >= 4 is 8.41 Å². The van der Waals surface area contributed by atoms with Crippen LogP contribution < -0.4 is 5.73 Å². The van der Waals surface area contributed by atoms with Crippen molar-refractivity contribution in [2.24, 2.45) is 5.73 Å². The van der Waals surface area contributed by atoms with Crippen LogP contribution >= 0.6 is 0 Å². The summed E-state index contributed by atoms with van der Waals surface area (Å²) in [5.74, 6) is 0.833. The van der Waals surface area contributed by atoms with Gasteiger partial charge < -0.3 is 10.2 Å². The highest BCUT2D eigenvalue weighted by Crippen LogP contribution is 1.95. The minimum Gasteiger partial charge on any atom is -0.468 e. The predicted octanol–water partition coefficient (Wildman–Crippen LogP) is 0.815. The van der Waals surface area contributed by atoms with Gasteiger partial charge in [0.15, 0.2) is 0 Å². The van der Waals surface area contributed by atoms with E-state index in [0.717, 1.165) is 5.76 Å². The maximum absolute atomic E-state index is 5.20. The number of furan rings is 1. The third kappa shape index (κ3) is 6.99. The van der Waals surface area contributed by atoms with E-state index in [0.29, 0.717) is 6.54 Å². The van der Waals surface area contributed by atoms with Crippen LogP contribution in [0.15, 0.2) is 22.8 Å². The molecular weight excluding hydrogens is 158 g/mol. The van der Waals surface area contributed by atoms with Crippen LogP contribution in [0, 0.1) is 0 Å². The van der Waals surface area contributed by atoms with Crippen molar-refractivity contribution in [3.05, 3.63) is 24.2 Å². The van der Waals surface area contributed by atoms with Crippen LogP contribution in [-0.2, 0) is 6.54 Å². The summed E-state index contributed by atoms with van der Waals surface area (Å²) in [5, 5.41) is 0. The third-order valence-electron chi connectivity index (χ3n) is 0.781. The van der Waals surface area contributed by atoms with Crippen LogP contribution in [0.2, 0.25) is 0 Å². The highest BCUT2D eigenvalue weighted by atomic mass is 19.0. The van der Waals surface area contributed by atoms with Gasteiger partial charge in [-0.05, 0) is 12.1 Å². The van der Waals surface area contributed by atoms with Crippen LogP contribution in [0.3, 0.4) is 0 Å². The SMILES string of the molecule is F.F.F.NCc1ccco1.[B]. The summed E-state index contributed by atoms with van der Waals surface area (Å²) < 4.78 is 4.86. The number of rotatable bonds is 1. The number of hydrogen-bond acceptors (Lipinski definition) is 2. The van der Waals surface area contributed by atoms with E-state index in [2.05, 4.69) is 0 Å². The number of halogens is 3. The predicted molar refractivity (Wildman–Crippen MR) is 39.9 cm³/mol. The van der Waals surface area contributed by atoms with Crippen LogP contribution in [-0.4, -0.2) is 8.41 Å². The van der Waals surface area contributed by atoms with E-state index >= 15 is 0 Å². The Hall–Kier alpha value is -0.905. The quantitative estimate of drug-likeness (QED) is 0.630. The van der Waals surface area contributed by atoms with Gasteiger partial charge >= 0.3 is 0 Å². The van der Waals surface area contributed by atoms with Gasteiger partial charge in [-0.2, -0.15) is 0 Å². The minimum absolute atomic E-state index is 0. The Morgan fingerprint density at radius 2 is 1.82 bits per heavy atom. The Kier molecular flexibility index (Phi) is 24.2. The lowest BCUT2D eigenvalue weighted by molar-refractivity contribution is 0.512. The van der Waals surface area contributed by atoms with E-state index in [-0.39, 0.29) is 22.5 Å². The largest absolute Gasteiger partial charge is 0.468 e. The molecule has 6 heteroatoms. The van der Waals surface area contributed by atoms with Gasteiger partial charge in [-0.1, -0.05) is 0 Å². The first kappa shape index (κ1) is 22.5. The topological polar surface area (TPSA) is 39.2 Å². The van der Waals surface area contributed by atoms with Crippen molar-refractivity contribution in [2.75, 3.05) is 0 Å². The minimum atomic E-state index is 0. The summed E-state index contributed by atoms with van der Waals surface area (Å²) in [7, 11) is 0. The van der Waals surface area contributed by atoms with Crippen molar-refractivity contribution in [1.82, 2.24) is 0 Å². The second kappa shape index (κ2) is 11.8. The van der Waals surface area contributed by atoms with Gasteiger partial charge in [0.25, 0.3) is 0 Å². The van der Waals surface area contributed by atoms with Gasteiger partial charge in [-0.3, -0.25) is 14.1 Å². The van der Waals surface area contributed by atoms with E-state index < -0.39 is 0 Å². The van der Waals surface area contributed by atoms with E-state index in [1.54, 1.807) is 6.26 Å². The zero-order valence-electron chi connectivity index (χ0n) is 5.73. The zero-order valence-corrected chi connectivity index (χ0v) is 5.73. The maximum Gasteiger partial charge on any atom is 0.117 e. The summed E-state index contributed by atoms with van der Waals surface area (Å²) in [4.78, 5) is 0. The number of hydrogen-bond donors (Lipinski definition) is 1. The molecule has 2 nitrogen and oxygen atoms in total. The average Bonchev–Trinajstić information content (AvgIpc) is 2.14. The molecule has 0 amide bonds.